The number of nitrogens with one attached hydrogen (secondary N) is 1. The predicted molar refractivity (Wildman–Crippen MR) is 93.7 cm³/mol. The molecule has 128 valence electrons. The number of amides is 1. The van der Waals surface area contributed by atoms with Gasteiger partial charge in [-0.3, -0.25) is 4.79 Å². The molecule has 0 aliphatic carbocycles. The van der Waals surface area contributed by atoms with Gasteiger partial charge in [-0.05, 0) is 41.8 Å². The Morgan fingerprint density at radius 3 is 2.68 bits per heavy atom. The van der Waals surface area contributed by atoms with E-state index in [9.17, 15) is 9.18 Å². The second-order valence-corrected chi connectivity index (χ2v) is 5.62. The Kier molecular flexibility index (Phi) is 4.74. The number of aryl methyl sites for hydroxylation is 1. The first-order chi connectivity index (χ1) is 12.1. The smallest absolute Gasteiger partial charge is 0.280 e. The van der Waals surface area contributed by atoms with Gasteiger partial charge in [0.05, 0.1) is 6.54 Å². The molecule has 3 aromatic rings. The standard InChI is InChI=1S/C18H18FN5O/c1-2-12-4-3-5-15(10-12)21-18(25)16-17(20)24(23-22-16)11-13-6-8-14(19)9-7-13/h3-10H,2,11,20H2,1H3,(H,21,25). The minimum atomic E-state index is -0.420. The zero-order valence-corrected chi connectivity index (χ0v) is 13.7. The van der Waals surface area contributed by atoms with Crippen LogP contribution in [0.3, 0.4) is 0 Å². The number of carbonyl (C=O) groups excluding carboxylic acids is 1. The molecule has 0 atom stereocenters. The second kappa shape index (κ2) is 7.12. The van der Waals surface area contributed by atoms with Crippen molar-refractivity contribution in [1.82, 2.24) is 15.0 Å². The van der Waals surface area contributed by atoms with E-state index in [1.807, 2.05) is 25.1 Å². The van der Waals surface area contributed by atoms with E-state index in [-0.39, 0.29) is 17.3 Å². The number of nitrogen functional groups attached to an aromatic ring is 1. The quantitative estimate of drug-likeness (QED) is 0.748. The molecule has 7 heteroatoms. The van der Waals surface area contributed by atoms with Crippen LogP contribution in [0.4, 0.5) is 15.9 Å². The van der Waals surface area contributed by atoms with Gasteiger partial charge in [-0.15, -0.1) is 5.10 Å². The Morgan fingerprint density at radius 1 is 1.20 bits per heavy atom. The molecule has 3 N–H and O–H groups in total. The normalized spacial score (nSPS) is 10.6. The van der Waals surface area contributed by atoms with Crippen LogP contribution in [0.1, 0.15) is 28.5 Å². The number of hydrogen-bond donors (Lipinski definition) is 2. The van der Waals surface area contributed by atoms with Gasteiger partial charge in [0, 0.05) is 5.69 Å². The number of aromatic nitrogens is 3. The van der Waals surface area contributed by atoms with Gasteiger partial charge in [0.1, 0.15) is 5.82 Å². The van der Waals surface area contributed by atoms with E-state index in [1.54, 1.807) is 18.2 Å². The molecule has 0 saturated heterocycles. The summed E-state index contributed by atoms with van der Waals surface area (Å²) < 4.78 is 14.4. The first kappa shape index (κ1) is 16.6. The molecule has 0 bridgehead atoms. The minimum Gasteiger partial charge on any atom is -0.382 e. The Bertz CT molecular complexity index is 889. The number of carbonyl (C=O) groups is 1. The highest BCUT2D eigenvalue weighted by Gasteiger charge is 2.18. The predicted octanol–water partition coefficient (Wildman–Crippen LogP) is 2.86. The third-order valence-electron chi connectivity index (χ3n) is 3.83. The number of anilines is 2. The molecular weight excluding hydrogens is 321 g/mol. The van der Waals surface area contributed by atoms with E-state index < -0.39 is 5.91 Å². The monoisotopic (exact) mass is 339 g/mol. The van der Waals surface area contributed by atoms with Crippen LogP contribution >= 0.6 is 0 Å². The number of nitrogens with zero attached hydrogens (tertiary/aromatic N) is 3. The summed E-state index contributed by atoms with van der Waals surface area (Å²) >= 11 is 0. The van der Waals surface area contributed by atoms with Gasteiger partial charge >= 0.3 is 0 Å². The highest BCUT2D eigenvalue weighted by Crippen LogP contribution is 2.15. The number of benzene rings is 2. The maximum absolute atomic E-state index is 13.0. The summed E-state index contributed by atoms with van der Waals surface area (Å²) in [4.78, 5) is 12.4. The van der Waals surface area contributed by atoms with Crippen LogP contribution in [-0.4, -0.2) is 20.9 Å². The summed E-state index contributed by atoms with van der Waals surface area (Å²) in [6.07, 6.45) is 0.875. The molecule has 25 heavy (non-hydrogen) atoms. The van der Waals surface area contributed by atoms with Crippen molar-refractivity contribution in [3.8, 4) is 0 Å². The van der Waals surface area contributed by atoms with Crippen molar-refractivity contribution in [3.05, 3.63) is 71.2 Å². The minimum absolute atomic E-state index is 0.0593. The Morgan fingerprint density at radius 2 is 1.96 bits per heavy atom. The molecule has 1 heterocycles. The number of nitrogens with two attached hydrogens (primary N) is 1. The van der Waals surface area contributed by atoms with Crippen molar-refractivity contribution in [1.29, 1.82) is 0 Å². The third-order valence-corrected chi connectivity index (χ3v) is 3.83. The van der Waals surface area contributed by atoms with Crippen molar-refractivity contribution in [3.63, 3.8) is 0 Å². The molecule has 0 spiro atoms. The third kappa shape index (κ3) is 3.82. The van der Waals surface area contributed by atoms with Gasteiger partial charge in [-0.1, -0.05) is 36.4 Å². The van der Waals surface area contributed by atoms with E-state index >= 15 is 0 Å². The van der Waals surface area contributed by atoms with Crippen molar-refractivity contribution >= 4 is 17.4 Å². The zero-order valence-electron chi connectivity index (χ0n) is 13.7. The van der Waals surface area contributed by atoms with E-state index in [0.717, 1.165) is 17.5 Å². The first-order valence-corrected chi connectivity index (χ1v) is 7.90. The van der Waals surface area contributed by atoms with Crippen LogP contribution in [0.5, 0.6) is 0 Å². The molecule has 0 aliphatic heterocycles. The lowest BCUT2D eigenvalue weighted by molar-refractivity contribution is 0.102. The van der Waals surface area contributed by atoms with Crippen LogP contribution in [0.2, 0.25) is 0 Å². The average Bonchev–Trinajstić information content (AvgIpc) is 2.98. The van der Waals surface area contributed by atoms with E-state index in [0.29, 0.717) is 12.2 Å². The summed E-state index contributed by atoms with van der Waals surface area (Å²) in [6, 6.07) is 13.5. The van der Waals surface area contributed by atoms with E-state index in [1.165, 1.54) is 16.8 Å². The fraction of sp³-hybridized carbons (Fsp3) is 0.167. The molecule has 0 fully saturated rings. The lowest BCUT2D eigenvalue weighted by Crippen LogP contribution is -2.15. The van der Waals surface area contributed by atoms with Crippen LogP contribution in [-0.2, 0) is 13.0 Å². The summed E-state index contributed by atoms with van der Waals surface area (Å²) in [7, 11) is 0. The fourth-order valence-corrected chi connectivity index (χ4v) is 2.42. The Balaban J connectivity index is 1.75. The van der Waals surface area contributed by atoms with Gasteiger partial charge in [0.25, 0.3) is 5.91 Å². The van der Waals surface area contributed by atoms with Crippen molar-refractivity contribution < 1.29 is 9.18 Å². The summed E-state index contributed by atoms with van der Waals surface area (Å²) in [5.41, 5.74) is 8.65. The van der Waals surface area contributed by atoms with Gasteiger partial charge in [0.2, 0.25) is 0 Å². The van der Waals surface area contributed by atoms with E-state index in [4.69, 9.17) is 5.73 Å². The topological polar surface area (TPSA) is 85.8 Å². The largest absolute Gasteiger partial charge is 0.382 e. The molecule has 0 aliphatic rings. The van der Waals surface area contributed by atoms with Gasteiger partial charge in [-0.2, -0.15) is 0 Å². The zero-order chi connectivity index (χ0) is 17.8. The fourth-order valence-electron chi connectivity index (χ4n) is 2.42. The summed E-state index contributed by atoms with van der Waals surface area (Å²) in [5, 5.41) is 10.6. The van der Waals surface area contributed by atoms with Crippen LogP contribution < -0.4 is 11.1 Å². The van der Waals surface area contributed by atoms with Crippen LogP contribution in [0.15, 0.2) is 48.5 Å². The van der Waals surface area contributed by atoms with Crippen molar-refractivity contribution in [2.75, 3.05) is 11.1 Å². The molecule has 1 aromatic heterocycles. The SMILES string of the molecule is CCc1cccc(NC(=O)c2nnn(Cc3ccc(F)cc3)c2N)c1. The Labute approximate surface area is 144 Å². The number of rotatable bonds is 5. The summed E-state index contributed by atoms with van der Waals surface area (Å²) in [5.74, 6) is -0.575. The van der Waals surface area contributed by atoms with Gasteiger partial charge in [-0.25, -0.2) is 9.07 Å². The summed E-state index contributed by atoms with van der Waals surface area (Å²) in [6.45, 7) is 2.34. The molecule has 0 saturated carbocycles. The molecule has 0 radical (unpaired) electrons. The van der Waals surface area contributed by atoms with Crippen molar-refractivity contribution in [2.45, 2.75) is 19.9 Å². The molecular formula is C18H18FN5O. The lowest BCUT2D eigenvalue weighted by Gasteiger charge is -2.06. The van der Waals surface area contributed by atoms with Gasteiger partial charge in [0.15, 0.2) is 11.5 Å². The second-order valence-electron chi connectivity index (χ2n) is 5.62. The van der Waals surface area contributed by atoms with Crippen LogP contribution in [0.25, 0.3) is 0 Å². The lowest BCUT2D eigenvalue weighted by atomic mass is 10.1. The molecule has 2 aromatic carbocycles. The van der Waals surface area contributed by atoms with Crippen molar-refractivity contribution in [2.24, 2.45) is 0 Å². The highest BCUT2D eigenvalue weighted by molar-refractivity contribution is 6.05. The average molecular weight is 339 g/mol. The Hall–Kier alpha value is -3.22. The molecule has 3 rings (SSSR count). The first-order valence-electron chi connectivity index (χ1n) is 7.90. The molecule has 1 amide bonds. The van der Waals surface area contributed by atoms with E-state index in [2.05, 4.69) is 15.6 Å². The maximum atomic E-state index is 13.0. The van der Waals surface area contributed by atoms with Gasteiger partial charge < -0.3 is 11.1 Å². The number of hydrogen-bond acceptors (Lipinski definition) is 4. The molecule has 6 nitrogen and oxygen atoms in total. The maximum Gasteiger partial charge on any atom is 0.280 e. The molecule has 0 unspecified atom stereocenters. The number of halogens is 1. The van der Waals surface area contributed by atoms with Crippen LogP contribution in [0, 0.1) is 5.82 Å². The highest BCUT2D eigenvalue weighted by atomic mass is 19.1.